The highest BCUT2D eigenvalue weighted by Gasteiger charge is 2.26. The fourth-order valence-corrected chi connectivity index (χ4v) is 2.90. The van der Waals surface area contributed by atoms with Crippen molar-refractivity contribution in [3.63, 3.8) is 0 Å². The molecule has 1 aliphatic heterocycles. The lowest BCUT2D eigenvalue weighted by Gasteiger charge is -2.32. The largest absolute Gasteiger partial charge is 0.332 e. The summed E-state index contributed by atoms with van der Waals surface area (Å²) >= 11 is 1.28. The molecule has 1 fully saturated rings. The molecule has 0 bridgehead atoms. The normalized spacial score (nSPS) is 18.2. The van der Waals surface area contributed by atoms with E-state index >= 15 is 0 Å². The third-order valence-corrected chi connectivity index (χ3v) is 3.98. The fourth-order valence-electron chi connectivity index (χ4n) is 2.47. The van der Waals surface area contributed by atoms with Crippen LogP contribution in [0.1, 0.15) is 31.6 Å². The maximum Gasteiger partial charge on any atom is 0.279 e. The second-order valence-corrected chi connectivity index (χ2v) is 5.45. The topological polar surface area (TPSA) is 80.0 Å². The molecule has 0 amide bonds. The number of aromatic nitrogens is 4. The molecule has 0 aromatic carbocycles. The van der Waals surface area contributed by atoms with Crippen LogP contribution in [0.2, 0.25) is 0 Å². The quantitative estimate of drug-likeness (QED) is 0.891. The first-order valence-electron chi connectivity index (χ1n) is 6.94. The van der Waals surface area contributed by atoms with E-state index in [1.165, 1.54) is 11.5 Å². The van der Waals surface area contributed by atoms with E-state index in [-0.39, 0.29) is 6.04 Å². The molecule has 1 atom stereocenters. The highest BCUT2D eigenvalue weighted by atomic mass is 32.1. The molecule has 7 nitrogen and oxygen atoms in total. The number of nitrogens with zero attached hydrogens (tertiary/aromatic N) is 5. The highest BCUT2D eigenvalue weighted by Crippen LogP contribution is 2.26. The van der Waals surface area contributed by atoms with E-state index in [4.69, 9.17) is 4.52 Å². The SMILES string of the molecule is CCCC(c1noc(-c2csnn2)n1)N1CCNCC1. The first-order valence-corrected chi connectivity index (χ1v) is 7.78. The van der Waals surface area contributed by atoms with E-state index < -0.39 is 0 Å². The Morgan fingerprint density at radius 2 is 2.30 bits per heavy atom. The summed E-state index contributed by atoms with van der Waals surface area (Å²) in [5.74, 6) is 1.22. The van der Waals surface area contributed by atoms with Gasteiger partial charge in [-0.15, -0.1) is 5.10 Å². The molecule has 0 spiro atoms. The van der Waals surface area contributed by atoms with E-state index in [1.807, 2.05) is 5.38 Å². The smallest absolute Gasteiger partial charge is 0.279 e. The van der Waals surface area contributed by atoms with Crippen molar-refractivity contribution in [2.24, 2.45) is 0 Å². The Kier molecular flexibility index (Phi) is 4.34. The maximum atomic E-state index is 5.33. The molecule has 2 aromatic rings. The monoisotopic (exact) mass is 294 g/mol. The molecule has 0 saturated carbocycles. The van der Waals surface area contributed by atoms with Crippen LogP contribution in [-0.4, -0.2) is 50.8 Å². The lowest BCUT2D eigenvalue weighted by Crippen LogP contribution is -2.45. The van der Waals surface area contributed by atoms with Gasteiger partial charge in [0, 0.05) is 31.6 Å². The highest BCUT2D eigenvalue weighted by molar-refractivity contribution is 7.03. The zero-order chi connectivity index (χ0) is 13.8. The molecule has 2 aromatic heterocycles. The Hall–Kier alpha value is -1.38. The van der Waals surface area contributed by atoms with Crippen molar-refractivity contribution < 1.29 is 4.52 Å². The average Bonchev–Trinajstić information content (AvgIpc) is 3.16. The number of rotatable bonds is 5. The van der Waals surface area contributed by atoms with Gasteiger partial charge in [-0.3, -0.25) is 4.90 Å². The Bertz CT molecular complexity index is 522. The van der Waals surface area contributed by atoms with Gasteiger partial charge in [0.15, 0.2) is 11.5 Å². The lowest BCUT2D eigenvalue weighted by atomic mass is 10.1. The van der Waals surface area contributed by atoms with Crippen LogP contribution < -0.4 is 5.32 Å². The van der Waals surface area contributed by atoms with Crippen LogP contribution in [0.25, 0.3) is 11.6 Å². The summed E-state index contributed by atoms with van der Waals surface area (Å²) in [6.45, 7) is 6.25. The van der Waals surface area contributed by atoms with Gasteiger partial charge in [-0.25, -0.2) is 0 Å². The first kappa shape index (κ1) is 13.6. The minimum Gasteiger partial charge on any atom is -0.332 e. The molecular formula is C12H18N6OS. The Labute approximate surface area is 121 Å². The zero-order valence-corrected chi connectivity index (χ0v) is 12.3. The minimum absolute atomic E-state index is 0.228. The second-order valence-electron chi connectivity index (χ2n) is 4.84. The first-order chi connectivity index (χ1) is 9.88. The van der Waals surface area contributed by atoms with Crippen molar-refractivity contribution in [1.29, 1.82) is 0 Å². The van der Waals surface area contributed by atoms with Crippen LogP contribution in [-0.2, 0) is 0 Å². The molecule has 3 heterocycles. The predicted octanol–water partition coefficient (Wildman–Crippen LogP) is 1.33. The Balaban J connectivity index is 1.80. The van der Waals surface area contributed by atoms with Crippen molar-refractivity contribution in [3.8, 4) is 11.6 Å². The number of piperazine rings is 1. The third kappa shape index (κ3) is 2.87. The molecule has 3 rings (SSSR count). The number of nitrogens with one attached hydrogen (secondary N) is 1. The van der Waals surface area contributed by atoms with E-state index in [0.717, 1.165) is 44.8 Å². The summed E-state index contributed by atoms with van der Waals surface area (Å²) < 4.78 is 9.15. The van der Waals surface area contributed by atoms with Crippen LogP contribution in [0, 0.1) is 0 Å². The van der Waals surface area contributed by atoms with Crippen molar-refractivity contribution >= 4 is 11.5 Å². The molecule has 1 unspecified atom stereocenters. The van der Waals surface area contributed by atoms with Crippen molar-refractivity contribution in [3.05, 3.63) is 11.2 Å². The molecule has 1 N–H and O–H groups in total. The Morgan fingerprint density at radius 3 is 3.00 bits per heavy atom. The molecule has 20 heavy (non-hydrogen) atoms. The average molecular weight is 294 g/mol. The van der Waals surface area contributed by atoms with Crippen LogP contribution in [0.3, 0.4) is 0 Å². The van der Waals surface area contributed by atoms with E-state index in [0.29, 0.717) is 11.6 Å². The predicted molar refractivity (Wildman–Crippen MR) is 75.3 cm³/mol. The summed E-state index contributed by atoms with van der Waals surface area (Å²) in [4.78, 5) is 6.94. The molecule has 1 saturated heterocycles. The summed E-state index contributed by atoms with van der Waals surface area (Å²) in [6.07, 6.45) is 2.13. The van der Waals surface area contributed by atoms with Crippen molar-refractivity contribution in [1.82, 2.24) is 29.9 Å². The molecular weight excluding hydrogens is 276 g/mol. The van der Waals surface area contributed by atoms with E-state index in [9.17, 15) is 0 Å². The number of hydrogen-bond acceptors (Lipinski definition) is 8. The van der Waals surface area contributed by atoms with E-state index in [2.05, 4.69) is 36.9 Å². The van der Waals surface area contributed by atoms with Gasteiger partial charge in [0.1, 0.15) is 0 Å². The fraction of sp³-hybridized carbons (Fsp3) is 0.667. The third-order valence-electron chi connectivity index (χ3n) is 3.47. The van der Waals surface area contributed by atoms with Gasteiger partial charge < -0.3 is 9.84 Å². The molecule has 0 radical (unpaired) electrons. The summed E-state index contributed by atoms with van der Waals surface area (Å²) in [6, 6.07) is 0.228. The van der Waals surface area contributed by atoms with Crippen molar-refractivity contribution in [2.75, 3.05) is 26.2 Å². The van der Waals surface area contributed by atoms with Gasteiger partial charge >= 0.3 is 0 Å². The lowest BCUT2D eigenvalue weighted by molar-refractivity contribution is 0.155. The maximum absolute atomic E-state index is 5.33. The van der Waals surface area contributed by atoms with Gasteiger partial charge in [-0.2, -0.15) is 4.98 Å². The Morgan fingerprint density at radius 1 is 1.45 bits per heavy atom. The van der Waals surface area contributed by atoms with E-state index in [1.54, 1.807) is 0 Å². The zero-order valence-electron chi connectivity index (χ0n) is 11.4. The summed E-state index contributed by atoms with van der Waals surface area (Å²) in [7, 11) is 0. The number of hydrogen-bond donors (Lipinski definition) is 1. The van der Waals surface area contributed by atoms with Gasteiger partial charge in [0.05, 0.1) is 6.04 Å². The molecule has 8 heteroatoms. The second kappa shape index (κ2) is 6.38. The van der Waals surface area contributed by atoms with Crippen LogP contribution in [0.5, 0.6) is 0 Å². The molecule has 1 aliphatic rings. The van der Waals surface area contributed by atoms with Crippen LogP contribution >= 0.6 is 11.5 Å². The molecule has 0 aliphatic carbocycles. The van der Waals surface area contributed by atoms with Crippen LogP contribution in [0.15, 0.2) is 9.90 Å². The van der Waals surface area contributed by atoms with Crippen LogP contribution in [0.4, 0.5) is 0 Å². The standard InChI is InChI=1S/C12H18N6OS/c1-2-3-10(18-6-4-13-5-7-18)11-14-12(19-16-11)9-8-20-17-15-9/h8,10,13H,2-7H2,1H3. The van der Waals surface area contributed by atoms with Crippen molar-refractivity contribution in [2.45, 2.75) is 25.8 Å². The molecule has 108 valence electrons. The minimum atomic E-state index is 0.228. The van der Waals surface area contributed by atoms with Gasteiger partial charge in [-0.1, -0.05) is 23.0 Å². The van der Waals surface area contributed by atoms with Gasteiger partial charge in [0.25, 0.3) is 5.89 Å². The summed E-state index contributed by atoms with van der Waals surface area (Å²) in [5, 5.41) is 13.3. The van der Waals surface area contributed by atoms with Gasteiger partial charge in [0.2, 0.25) is 0 Å². The van der Waals surface area contributed by atoms with Gasteiger partial charge in [-0.05, 0) is 18.0 Å². The summed E-state index contributed by atoms with van der Waals surface area (Å²) in [5.41, 5.74) is 0.657.